The van der Waals surface area contributed by atoms with Crippen molar-refractivity contribution in [2.45, 2.75) is 128 Å². The predicted molar refractivity (Wildman–Crippen MR) is 243 cm³/mol. The van der Waals surface area contributed by atoms with Crippen molar-refractivity contribution in [3.63, 3.8) is 0 Å². The number of esters is 2. The summed E-state index contributed by atoms with van der Waals surface area (Å²) in [5, 5.41) is 28.1. The second-order valence-corrected chi connectivity index (χ2v) is 14.9. The first-order valence-electron chi connectivity index (χ1n) is 21.3. The number of hydrogen-bond donors (Lipinski definition) is 4. The van der Waals surface area contributed by atoms with Gasteiger partial charge in [0.1, 0.15) is 12.7 Å². The van der Waals surface area contributed by atoms with Crippen molar-refractivity contribution in [3.8, 4) is 0 Å². The van der Waals surface area contributed by atoms with Crippen LogP contribution in [0.1, 0.15) is 110 Å². The zero-order valence-electron chi connectivity index (χ0n) is 36.0. The Morgan fingerprint density at radius 3 is 1.60 bits per heavy atom. The molecule has 0 saturated carbocycles. The molecule has 0 bridgehead atoms. The quantitative estimate of drug-likeness (QED) is 0.0154. The number of hydrogen-bond acceptors (Lipinski definition) is 10. The van der Waals surface area contributed by atoms with E-state index in [4.69, 9.17) is 19.1 Å². The fourth-order valence-corrected chi connectivity index (χ4v) is 5.45. The Bertz CT molecular complexity index is 1470. The third-order valence-electron chi connectivity index (χ3n) is 7.89. The average Bonchev–Trinajstić information content (AvgIpc) is 3.23. The van der Waals surface area contributed by atoms with Crippen LogP contribution in [0.5, 0.6) is 0 Å². The SMILES string of the molecule is CC/C=C\C/C=C\C/C=C\C/C=C\C/C=C\C/C=C\CCC(=O)OC[C@H](COP(=O)(O)OC[C@@H](O)CO)OC(=O)CCC/C=C\C/C=C\C/C=C\C=C\CC(O)/C=C\CC. The van der Waals surface area contributed by atoms with Crippen LogP contribution in [0.2, 0.25) is 0 Å². The van der Waals surface area contributed by atoms with Crippen LogP contribution in [-0.4, -0.2) is 76.9 Å². The van der Waals surface area contributed by atoms with Gasteiger partial charge in [-0.3, -0.25) is 18.6 Å². The molecule has 4 atom stereocenters. The maximum absolute atomic E-state index is 12.6. The van der Waals surface area contributed by atoms with E-state index < -0.39 is 64.5 Å². The molecule has 12 heteroatoms. The molecular formula is C48H73O11P. The van der Waals surface area contributed by atoms with Crippen LogP contribution in [0.3, 0.4) is 0 Å². The standard InChI is InChI=1S/C48H73O11P/c1-3-5-7-8-9-10-11-12-13-14-15-16-17-18-22-25-28-31-34-38-47(52)56-42-46(43-58-60(54,55)57-41-45(51)40-49)59-48(53)39-35-32-29-26-23-20-19-21-24-27-30-33-37-44(50)36-6-4-2/h5-7,9-10,12-13,15-16,18-20,22,24,26-31,33,36,44-46,49-51H,3-4,8,11,14,17,21,23,25,32,34-35,37-43H2,1-2H3,(H,54,55)/b7-5-,10-9-,13-12-,16-15-,20-19-,22-18-,27-24-,29-26-,31-28-,33-30+,36-6-/t44?,45-,46+/m0/s1. The predicted octanol–water partition coefficient (Wildman–Crippen LogP) is 10.3. The first-order chi connectivity index (χ1) is 29.1. The van der Waals surface area contributed by atoms with E-state index in [1.165, 1.54) is 0 Å². The molecule has 0 rings (SSSR count). The van der Waals surface area contributed by atoms with E-state index in [2.05, 4.69) is 78.3 Å². The third kappa shape index (κ3) is 40.8. The zero-order valence-corrected chi connectivity index (χ0v) is 36.9. The van der Waals surface area contributed by atoms with Crippen molar-refractivity contribution in [2.75, 3.05) is 26.4 Å². The summed E-state index contributed by atoms with van der Waals surface area (Å²) in [4.78, 5) is 34.9. The van der Waals surface area contributed by atoms with Gasteiger partial charge in [0.2, 0.25) is 0 Å². The monoisotopic (exact) mass is 856 g/mol. The summed E-state index contributed by atoms with van der Waals surface area (Å²) in [6.07, 6.45) is 52.1. The second-order valence-electron chi connectivity index (χ2n) is 13.4. The van der Waals surface area contributed by atoms with E-state index in [9.17, 15) is 29.3 Å². The lowest BCUT2D eigenvalue weighted by atomic mass is 10.2. The van der Waals surface area contributed by atoms with Crippen LogP contribution in [0.15, 0.2) is 134 Å². The molecular weight excluding hydrogens is 783 g/mol. The van der Waals surface area contributed by atoms with E-state index in [1.807, 2.05) is 67.7 Å². The highest BCUT2D eigenvalue weighted by atomic mass is 31.2. The smallest absolute Gasteiger partial charge is 0.462 e. The summed E-state index contributed by atoms with van der Waals surface area (Å²) in [5.74, 6) is -1.13. The molecule has 0 saturated heterocycles. The lowest BCUT2D eigenvalue weighted by Gasteiger charge is -2.20. The van der Waals surface area contributed by atoms with Crippen molar-refractivity contribution >= 4 is 19.8 Å². The Hall–Kier alpha value is -3.93. The minimum absolute atomic E-state index is 0.0630. The number of phosphoric acid groups is 1. The summed E-state index contributed by atoms with van der Waals surface area (Å²) in [7, 11) is -4.67. The molecule has 0 aromatic rings. The van der Waals surface area contributed by atoms with E-state index in [0.29, 0.717) is 25.7 Å². The van der Waals surface area contributed by atoms with Crippen molar-refractivity contribution in [1.82, 2.24) is 0 Å². The number of aliphatic hydroxyl groups is 3. The molecule has 0 aliphatic rings. The van der Waals surface area contributed by atoms with Crippen molar-refractivity contribution < 1.29 is 52.9 Å². The summed E-state index contributed by atoms with van der Waals surface area (Å²) in [6, 6.07) is 0. The number of allylic oxidation sites excluding steroid dienone is 20. The maximum atomic E-state index is 12.6. The molecule has 0 radical (unpaired) electrons. The lowest BCUT2D eigenvalue weighted by molar-refractivity contribution is -0.161. The molecule has 60 heavy (non-hydrogen) atoms. The topological polar surface area (TPSA) is 169 Å². The maximum Gasteiger partial charge on any atom is 0.472 e. The van der Waals surface area contributed by atoms with Crippen LogP contribution in [-0.2, 0) is 32.7 Å². The average molecular weight is 857 g/mol. The number of ether oxygens (including phenoxy) is 2. The molecule has 0 heterocycles. The van der Waals surface area contributed by atoms with Gasteiger partial charge in [-0.1, -0.05) is 148 Å². The summed E-state index contributed by atoms with van der Waals surface area (Å²) in [5.41, 5.74) is 0. The van der Waals surface area contributed by atoms with Crippen LogP contribution in [0.25, 0.3) is 0 Å². The Kier molecular flexibility index (Phi) is 39.1. The Labute approximate surface area is 360 Å². The van der Waals surface area contributed by atoms with Crippen molar-refractivity contribution in [1.29, 1.82) is 0 Å². The highest BCUT2D eigenvalue weighted by Crippen LogP contribution is 2.43. The minimum Gasteiger partial charge on any atom is -0.462 e. The van der Waals surface area contributed by atoms with Gasteiger partial charge in [-0.05, 0) is 83.5 Å². The van der Waals surface area contributed by atoms with Gasteiger partial charge in [-0.15, -0.1) is 0 Å². The van der Waals surface area contributed by atoms with Gasteiger partial charge in [0.25, 0.3) is 0 Å². The van der Waals surface area contributed by atoms with E-state index in [1.54, 1.807) is 6.08 Å². The zero-order chi connectivity index (χ0) is 44.2. The highest BCUT2D eigenvalue weighted by molar-refractivity contribution is 7.47. The molecule has 336 valence electrons. The van der Waals surface area contributed by atoms with Gasteiger partial charge < -0.3 is 29.7 Å². The number of rotatable bonds is 37. The first kappa shape index (κ1) is 56.1. The van der Waals surface area contributed by atoms with Crippen molar-refractivity contribution in [3.05, 3.63) is 134 Å². The molecule has 0 aliphatic carbocycles. The molecule has 0 aromatic heterocycles. The Balaban J connectivity index is 4.59. The fraction of sp³-hybridized carbons (Fsp3) is 0.500. The normalized spacial score (nSPS) is 15.6. The molecule has 0 amide bonds. The van der Waals surface area contributed by atoms with Crippen LogP contribution in [0, 0.1) is 0 Å². The third-order valence-corrected chi connectivity index (χ3v) is 8.84. The van der Waals surface area contributed by atoms with Gasteiger partial charge in [0, 0.05) is 12.8 Å². The van der Waals surface area contributed by atoms with Crippen LogP contribution >= 0.6 is 7.82 Å². The van der Waals surface area contributed by atoms with Gasteiger partial charge in [-0.25, -0.2) is 4.57 Å². The Morgan fingerprint density at radius 1 is 0.567 bits per heavy atom. The second kappa shape index (κ2) is 41.8. The molecule has 0 aromatic carbocycles. The van der Waals surface area contributed by atoms with E-state index in [0.717, 1.165) is 57.8 Å². The van der Waals surface area contributed by atoms with Crippen LogP contribution < -0.4 is 0 Å². The van der Waals surface area contributed by atoms with Crippen LogP contribution in [0.4, 0.5) is 0 Å². The van der Waals surface area contributed by atoms with Gasteiger partial charge in [0.05, 0.1) is 25.9 Å². The number of aliphatic hydroxyl groups excluding tert-OH is 3. The summed E-state index contributed by atoms with van der Waals surface area (Å²) in [6.45, 7) is 1.82. The van der Waals surface area contributed by atoms with Crippen molar-refractivity contribution in [2.24, 2.45) is 0 Å². The molecule has 2 unspecified atom stereocenters. The number of phosphoric ester groups is 1. The first-order valence-corrected chi connectivity index (χ1v) is 22.7. The minimum atomic E-state index is -4.67. The number of unbranched alkanes of at least 4 members (excludes halogenated alkanes) is 1. The van der Waals surface area contributed by atoms with Gasteiger partial charge >= 0.3 is 19.8 Å². The van der Waals surface area contributed by atoms with E-state index in [-0.39, 0.29) is 12.8 Å². The molecule has 0 aliphatic heterocycles. The number of carbonyl (C=O) groups excluding carboxylic acids is 2. The summed E-state index contributed by atoms with van der Waals surface area (Å²) >= 11 is 0. The van der Waals surface area contributed by atoms with Gasteiger partial charge in [-0.2, -0.15) is 0 Å². The molecule has 0 fully saturated rings. The highest BCUT2D eigenvalue weighted by Gasteiger charge is 2.27. The molecule has 0 spiro atoms. The lowest BCUT2D eigenvalue weighted by Crippen LogP contribution is -2.29. The largest absolute Gasteiger partial charge is 0.472 e. The molecule has 4 N–H and O–H groups in total. The summed E-state index contributed by atoms with van der Waals surface area (Å²) < 4.78 is 32.5. The van der Waals surface area contributed by atoms with Gasteiger partial charge in [0.15, 0.2) is 6.10 Å². The van der Waals surface area contributed by atoms with E-state index >= 15 is 0 Å². The number of carbonyl (C=O) groups is 2. The Morgan fingerprint density at radius 2 is 1.05 bits per heavy atom. The molecule has 11 nitrogen and oxygen atoms in total. The fourth-order valence-electron chi connectivity index (χ4n) is 4.66.